The maximum Gasteiger partial charge on any atom is 0.223 e. The molecule has 0 N–H and O–H groups in total. The molecule has 0 aromatic carbocycles. The van der Waals surface area contributed by atoms with Gasteiger partial charge in [-0.05, 0) is 25.8 Å². The molecule has 1 amide bonds. The third kappa shape index (κ3) is 5.04. The molecule has 1 aliphatic rings. The Hall–Kier alpha value is -0.610. The van der Waals surface area contributed by atoms with Gasteiger partial charge in [-0.25, -0.2) is 5.32 Å². The molecule has 0 unspecified atom stereocenters. The van der Waals surface area contributed by atoms with Crippen LogP contribution in [0.4, 0.5) is 0 Å². The molecule has 1 saturated heterocycles. The Morgan fingerprint density at radius 2 is 1.88 bits per heavy atom. The van der Waals surface area contributed by atoms with Crippen LogP contribution in [0.1, 0.15) is 32.6 Å². The largest absolute Gasteiger partial charge is 0.349 e. The van der Waals surface area contributed by atoms with Gasteiger partial charge in [0.1, 0.15) is 0 Å². The standard InChI is InChI=1S/C13H26N3O/c1-4-10-16(11-7-13(17)15(2)3)12-5-8-14-9-6-12/h12H,4-11H2,1-3H3. The van der Waals surface area contributed by atoms with Crippen molar-refractivity contribution in [1.82, 2.24) is 15.1 Å². The summed E-state index contributed by atoms with van der Waals surface area (Å²) in [6, 6.07) is 0.641. The average Bonchev–Trinajstić information content (AvgIpc) is 2.35. The number of nitrogens with zero attached hydrogens (tertiary/aromatic N) is 3. The molecule has 0 aromatic heterocycles. The fourth-order valence-electron chi connectivity index (χ4n) is 2.33. The van der Waals surface area contributed by atoms with E-state index in [2.05, 4.69) is 17.1 Å². The molecule has 0 aliphatic carbocycles. The number of rotatable bonds is 6. The summed E-state index contributed by atoms with van der Waals surface area (Å²) in [5, 5.41) is 4.39. The molecular formula is C13H26N3O. The predicted octanol–water partition coefficient (Wildman–Crippen LogP) is 0.944. The van der Waals surface area contributed by atoms with E-state index < -0.39 is 0 Å². The number of hydrogen-bond donors (Lipinski definition) is 0. The predicted molar refractivity (Wildman–Crippen MR) is 70.1 cm³/mol. The van der Waals surface area contributed by atoms with E-state index in [9.17, 15) is 4.79 Å². The van der Waals surface area contributed by atoms with Crippen molar-refractivity contribution in [2.75, 3.05) is 40.3 Å². The molecule has 0 spiro atoms. The van der Waals surface area contributed by atoms with Gasteiger partial charge in [0.2, 0.25) is 5.91 Å². The Morgan fingerprint density at radius 3 is 2.41 bits per heavy atom. The molecule has 1 radical (unpaired) electrons. The Bertz CT molecular complexity index is 225. The summed E-state index contributed by atoms with van der Waals surface area (Å²) in [4.78, 5) is 15.8. The molecule has 0 aromatic rings. The van der Waals surface area contributed by atoms with E-state index in [0.29, 0.717) is 12.5 Å². The first-order valence-electron chi connectivity index (χ1n) is 6.72. The first-order chi connectivity index (χ1) is 8.15. The van der Waals surface area contributed by atoms with Crippen LogP contribution in [0, 0.1) is 0 Å². The van der Waals surface area contributed by atoms with Gasteiger partial charge in [0.25, 0.3) is 0 Å². The number of amides is 1. The van der Waals surface area contributed by atoms with Crippen LogP contribution in [0.15, 0.2) is 0 Å². The summed E-state index contributed by atoms with van der Waals surface area (Å²) < 4.78 is 0. The van der Waals surface area contributed by atoms with E-state index in [0.717, 1.165) is 45.4 Å². The Kier molecular flexibility index (Phi) is 6.52. The molecule has 4 nitrogen and oxygen atoms in total. The molecule has 0 saturated carbocycles. The SMILES string of the molecule is CCCN(CCC(=O)N(C)C)C1CC[N]CC1. The number of hydrogen-bond acceptors (Lipinski definition) is 2. The van der Waals surface area contributed by atoms with E-state index in [1.165, 1.54) is 0 Å². The second kappa shape index (κ2) is 7.67. The van der Waals surface area contributed by atoms with Crippen molar-refractivity contribution in [3.8, 4) is 0 Å². The van der Waals surface area contributed by atoms with Gasteiger partial charge in [0.15, 0.2) is 0 Å². The van der Waals surface area contributed by atoms with Crippen molar-refractivity contribution in [2.45, 2.75) is 38.6 Å². The van der Waals surface area contributed by atoms with Gasteiger partial charge in [-0.1, -0.05) is 6.92 Å². The highest BCUT2D eigenvalue weighted by Crippen LogP contribution is 2.13. The van der Waals surface area contributed by atoms with Crippen molar-refractivity contribution in [2.24, 2.45) is 0 Å². The molecule has 0 bridgehead atoms. The molecule has 17 heavy (non-hydrogen) atoms. The maximum absolute atomic E-state index is 11.6. The van der Waals surface area contributed by atoms with Crippen LogP contribution in [0.3, 0.4) is 0 Å². The zero-order valence-corrected chi connectivity index (χ0v) is 11.5. The molecule has 4 heteroatoms. The fourth-order valence-corrected chi connectivity index (χ4v) is 2.33. The topological polar surface area (TPSA) is 37.7 Å². The minimum Gasteiger partial charge on any atom is -0.349 e. The van der Waals surface area contributed by atoms with Gasteiger partial charge in [0.05, 0.1) is 0 Å². The zero-order chi connectivity index (χ0) is 12.7. The van der Waals surface area contributed by atoms with Crippen molar-refractivity contribution in [3.05, 3.63) is 0 Å². The van der Waals surface area contributed by atoms with E-state index in [4.69, 9.17) is 0 Å². The number of piperidine rings is 1. The van der Waals surface area contributed by atoms with Gasteiger partial charge < -0.3 is 4.90 Å². The van der Waals surface area contributed by atoms with Crippen molar-refractivity contribution < 1.29 is 4.79 Å². The van der Waals surface area contributed by atoms with Crippen molar-refractivity contribution in [1.29, 1.82) is 0 Å². The van der Waals surface area contributed by atoms with Crippen LogP contribution in [0.25, 0.3) is 0 Å². The average molecular weight is 240 g/mol. The van der Waals surface area contributed by atoms with Crippen LogP contribution in [0.2, 0.25) is 0 Å². The third-order valence-electron chi connectivity index (χ3n) is 3.38. The monoisotopic (exact) mass is 240 g/mol. The van der Waals surface area contributed by atoms with E-state index in [1.54, 1.807) is 4.90 Å². The van der Waals surface area contributed by atoms with E-state index in [-0.39, 0.29) is 5.91 Å². The summed E-state index contributed by atoms with van der Waals surface area (Å²) in [5.41, 5.74) is 0. The summed E-state index contributed by atoms with van der Waals surface area (Å²) in [6.07, 6.45) is 4.12. The van der Waals surface area contributed by atoms with Crippen LogP contribution >= 0.6 is 0 Å². The Labute approximate surface area is 105 Å². The second-order valence-corrected chi connectivity index (χ2v) is 4.98. The highest BCUT2D eigenvalue weighted by molar-refractivity contribution is 5.75. The Morgan fingerprint density at radius 1 is 1.24 bits per heavy atom. The van der Waals surface area contributed by atoms with Gasteiger partial charge in [-0.15, -0.1) is 0 Å². The second-order valence-electron chi connectivity index (χ2n) is 4.98. The highest BCUT2D eigenvalue weighted by Gasteiger charge is 2.21. The van der Waals surface area contributed by atoms with Gasteiger partial charge in [0, 0.05) is 46.2 Å². The third-order valence-corrected chi connectivity index (χ3v) is 3.38. The molecule has 0 atom stereocenters. The van der Waals surface area contributed by atoms with Crippen LogP contribution in [-0.4, -0.2) is 62.0 Å². The van der Waals surface area contributed by atoms with E-state index in [1.807, 2.05) is 14.1 Å². The normalized spacial score (nSPS) is 17.4. The quantitative estimate of drug-likeness (QED) is 0.693. The fraction of sp³-hybridized carbons (Fsp3) is 0.923. The van der Waals surface area contributed by atoms with Crippen LogP contribution in [0.5, 0.6) is 0 Å². The van der Waals surface area contributed by atoms with Crippen LogP contribution < -0.4 is 5.32 Å². The summed E-state index contributed by atoms with van der Waals surface area (Å²) >= 11 is 0. The molecule has 1 aliphatic heterocycles. The molecule has 1 fully saturated rings. The van der Waals surface area contributed by atoms with Crippen LogP contribution in [-0.2, 0) is 4.79 Å². The lowest BCUT2D eigenvalue weighted by Gasteiger charge is -2.34. The molecule has 1 heterocycles. The summed E-state index contributed by atoms with van der Waals surface area (Å²) in [6.45, 7) is 6.19. The number of carbonyl (C=O) groups is 1. The van der Waals surface area contributed by atoms with Crippen molar-refractivity contribution >= 4 is 5.91 Å². The van der Waals surface area contributed by atoms with Crippen molar-refractivity contribution in [3.63, 3.8) is 0 Å². The highest BCUT2D eigenvalue weighted by atomic mass is 16.2. The van der Waals surface area contributed by atoms with E-state index >= 15 is 0 Å². The Balaban J connectivity index is 2.38. The first-order valence-corrected chi connectivity index (χ1v) is 6.72. The molecule has 99 valence electrons. The minimum atomic E-state index is 0.228. The zero-order valence-electron chi connectivity index (χ0n) is 11.5. The number of carbonyl (C=O) groups excluding carboxylic acids is 1. The lowest BCUT2D eigenvalue weighted by Crippen LogP contribution is -2.43. The summed E-state index contributed by atoms with van der Waals surface area (Å²) in [7, 11) is 3.65. The molecular weight excluding hydrogens is 214 g/mol. The minimum absolute atomic E-state index is 0.228. The molecule has 1 rings (SSSR count). The lowest BCUT2D eigenvalue weighted by molar-refractivity contribution is -0.129. The van der Waals surface area contributed by atoms with Gasteiger partial charge in [-0.3, -0.25) is 9.69 Å². The maximum atomic E-state index is 11.6. The van der Waals surface area contributed by atoms with Gasteiger partial charge in [-0.2, -0.15) is 0 Å². The first kappa shape index (κ1) is 14.5. The lowest BCUT2D eigenvalue weighted by atomic mass is 10.0. The smallest absolute Gasteiger partial charge is 0.223 e. The summed E-state index contributed by atoms with van der Waals surface area (Å²) in [5.74, 6) is 0.228. The van der Waals surface area contributed by atoms with Gasteiger partial charge >= 0.3 is 0 Å².